The molecule has 0 spiro atoms. The van der Waals surface area contributed by atoms with Crippen LogP contribution in [0.25, 0.3) is 0 Å². The summed E-state index contributed by atoms with van der Waals surface area (Å²) in [5.74, 6) is -0.217. The zero-order valence-corrected chi connectivity index (χ0v) is 19.3. The molecule has 0 bridgehead atoms. The van der Waals surface area contributed by atoms with E-state index in [1.165, 1.54) is 28.2 Å². The van der Waals surface area contributed by atoms with Crippen LogP contribution in [0.1, 0.15) is 24.6 Å². The first-order valence-electron chi connectivity index (χ1n) is 9.80. The number of hydrogen-bond donors (Lipinski definition) is 1. The van der Waals surface area contributed by atoms with Gasteiger partial charge in [0.1, 0.15) is 0 Å². The lowest BCUT2D eigenvalue weighted by Crippen LogP contribution is -2.27. The highest BCUT2D eigenvalue weighted by atomic mass is 32.2. The molecule has 164 valence electrons. The lowest BCUT2D eigenvalue weighted by molar-refractivity contribution is -0.115. The van der Waals surface area contributed by atoms with Gasteiger partial charge in [-0.25, -0.2) is 13.1 Å². The summed E-state index contributed by atoms with van der Waals surface area (Å²) in [6.07, 6.45) is 1.78. The minimum atomic E-state index is -3.47. The van der Waals surface area contributed by atoms with Gasteiger partial charge in [-0.3, -0.25) is 4.79 Å². The number of carbonyl (C=O) groups is 1. The van der Waals surface area contributed by atoms with Gasteiger partial charge in [0.05, 0.1) is 16.7 Å². The third-order valence-electron chi connectivity index (χ3n) is 4.86. The Morgan fingerprint density at radius 1 is 1.23 bits per heavy atom. The van der Waals surface area contributed by atoms with E-state index in [0.29, 0.717) is 30.5 Å². The number of tetrazole rings is 1. The summed E-state index contributed by atoms with van der Waals surface area (Å²) in [4.78, 5) is 14.0. The van der Waals surface area contributed by atoms with Crippen LogP contribution in [0.4, 0.5) is 5.69 Å². The molecule has 0 radical (unpaired) electrons. The second-order valence-electron chi connectivity index (χ2n) is 7.08. The number of hydrogen-bond acceptors (Lipinski definition) is 8. The number of amides is 1. The summed E-state index contributed by atoms with van der Waals surface area (Å²) in [6.45, 7) is 3.44. The van der Waals surface area contributed by atoms with E-state index < -0.39 is 15.3 Å². The number of benzene rings is 1. The fourth-order valence-corrected chi connectivity index (χ4v) is 6.17. The maximum atomic E-state index is 12.6. The Morgan fingerprint density at radius 3 is 2.65 bits per heavy atom. The van der Waals surface area contributed by atoms with E-state index in [2.05, 4.69) is 20.8 Å². The Bertz CT molecular complexity index is 1120. The molecule has 1 amide bonds. The Hall–Kier alpha value is -2.28. The summed E-state index contributed by atoms with van der Waals surface area (Å²) in [5, 5.41) is 16.7. The third kappa shape index (κ3) is 5.14. The molecule has 1 saturated heterocycles. The predicted molar refractivity (Wildman–Crippen MR) is 120 cm³/mol. The second kappa shape index (κ2) is 9.47. The number of sulfonamides is 1. The summed E-state index contributed by atoms with van der Waals surface area (Å²) < 4.78 is 28.4. The first-order chi connectivity index (χ1) is 14.9. The molecule has 9 nitrogen and oxygen atoms in total. The van der Waals surface area contributed by atoms with Crippen molar-refractivity contribution in [1.82, 2.24) is 24.5 Å². The van der Waals surface area contributed by atoms with E-state index in [-0.39, 0.29) is 10.8 Å². The van der Waals surface area contributed by atoms with Crippen molar-refractivity contribution in [2.24, 2.45) is 0 Å². The Morgan fingerprint density at radius 2 is 1.97 bits per heavy atom. The number of carbonyl (C=O) groups excluding carboxylic acids is 1. The molecule has 1 aliphatic rings. The molecule has 1 N–H and O–H groups in total. The van der Waals surface area contributed by atoms with Gasteiger partial charge in [0, 0.05) is 23.7 Å². The highest BCUT2D eigenvalue weighted by Gasteiger charge is 2.27. The molecule has 2 aromatic heterocycles. The maximum Gasteiger partial charge on any atom is 0.243 e. The monoisotopic (exact) mass is 478 g/mol. The van der Waals surface area contributed by atoms with Gasteiger partial charge >= 0.3 is 0 Å². The average Bonchev–Trinajstić information content (AvgIpc) is 3.53. The molecule has 3 heterocycles. The number of nitrogens with zero attached hydrogens (tertiary/aromatic N) is 5. The molecule has 31 heavy (non-hydrogen) atoms. The van der Waals surface area contributed by atoms with Crippen LogP contribution < -0.4 is 5.32 Å². The SMILES string of the molecule is C[C@@H](Sc1nnnn1Cc1cccs1)C(=O)Nc1ccc(S(=O)(=O)N2CCCC2)cc1. The summed E-state index contributed by atoms with van der Waals surface area (Å²) in [7, 11) is -3.47. The molecule has 3 aromatic rings. The quantitative estimate of drug-likeness (QED) is 0.496. The van der Waals surface area contributed by atoms with E-state index in [1.807, 2.05) is 17.5 Å². The Labute approximate surface area is 188 Å². The lowest BCUT2D eigenvalue weighted by Gasteiger charge is -2.16. The molecule has 1 atom stereocenters. The van der Waals surface area contributed by atoms with Crippen molar-refractivity contribution in [1.29, 1.82) is 0 Å². The largest absolute Gasteiger partial charge is 0.325 e. The van der Waals surface area contributed by atoms with Crippen LogP contribution in [0.15, 0.2) is 51.8 Å². The molecular weight excluding hydrogens is 456 g/mol. The molecule has 0 unspecified atom stereocenters. The van der Waals surface area contributed by atoms with Gasteiger partial charge in [-0.05, 0) is 65.9 Å². The first kappa shape index (κ1) is 21.9. The fraction of sp³-hybridized carbons (Fsp3) is 0.368. The van der Waals surface area contributed by atoms with Gasteiger partial charge in [0.2, 0.25) is 21.1 Å². The molecule has 0 saturated carbocycles. The number of rotatable bonds is 8. The summed E-state index contributed by atoms with van der Waals surface area (Å²) >= 11 is 2.88. The van der Waals surface area contributed by atoms with E-state index in [0.717, 1.165) is 17.7 Å². The van der Waals surface area contributed by atoms with Gasteiger partial charge in [0.15, 0.2) is 0 Å². The van der Waals surface area contributed by atoms with Crippen molar-refractivity contribution in [3.05, 3.63) is 46.7 Å². The molecule has 0 aliphatic carbocycles. The molecule has 1 aromatic carbocycles. The molecule has 4 rings (SSSR count). The zero-order valence-electron chi connectivity index (χ0n) is 16.8. The minimum absolute atomic E-state index is 0.217. The van der Waals surface area contributed by atoms with Gasteiger partial charge in [-0.2, -0.15) is 4.31 Å². The van der Waals surface area contributed by atoms with Crippen molar-refractivity contribution in [2.75, 3.05) is 18.4 Å². The van der Waals surface area contributed by atoms with Gasteiger partial charge in [-0.1, -0.05) is 17.8 Å². The predicted octanol–water partition coefficient (Wildman–Crippen LogP) is 2.69. The Balaban J connectivity index is 1.37. The molecule has 12 heteroatoms. The van der Waals surface area contributed by atoms with E-state index in [1.54, 1.807) is 35.1 Å². The van der Waals surface area contributed by atoms with Crippen LogP contribution in [0.3, 0.4) is 0 Å². The normalized spacial score (nSPS) is 15.8. The molecule has 1 aliphatic heterocycles. The van der Waals surface area contributed by atoms with Crippen LogP contribution >= 0.6 is 23.1 Å². The average molecular weight is 479 g/mol. The molecule has 1 fully saturated rings. The highest BCUT2D eigenvalue weighted by Crippen LogP contribution is 2.25. The van der Waals surface area contributed by atoms with E-state index in [4.69, 9.17) is 0 Å². The van der Waals surface area contributed by atoms with Crippen molar-refractivity contribution in [3.8, 4) is 0 Å². The van der Waals surface area contributed by atoms with Gasteiger partial charge in [0.25, 0.3) is 0 Å². The standard InChI is InChI=1S/C19H22N6O3S3/c1-14(30-19-21-22-23-25(19)13-16-5-4-12-29-16)18(26)20-15-6-8-17(9-7-15)31(27,28)24-10-2-3-11-24/h4-9,12,14H,2-3,10-11,13H2,1H3,(H,20,26)/t14-/m1/s1. The van der Waals surface area contributed by atoms with E-state index >= 15 is 0 Å². The Kier molecular flexibility index (Phi) is 6.70. The number of nitrogens with one attached hydrogen (secondary N) is 1. The number of aromatic nitrogens is 4. The van der Waals surface area contributed by atoms with Crippen LogP contribution in [-0.4, -0.2) is 57.2 Å². The number of thiophene rings is 1. The van der Waals surface area contributed by atoms with Gasteiger partial charge in [-0.15, -0.1) is 16.4 Å². The van der Waals surface area contributed by atoms with Crippen LogP contribution in [0, 0.1) is 0 Å². The number of anilines is 1. The molecular formula is C19H22N6O3S3. The van der Waals surface area contributed by atoms with Crippen molar-refractivity contribution < 1.29 is 13.2 Å². The van der Waals surface area contributed by atoms with Crippen LogP contribution in [0.2, 0.25) is 0 Å². The third-order valence-corrected chi connectivity index (χ3v) is 8.71. The van der Waals surface area contributed by atoms with Crippen LogP contribution in [-0.2, 0) is 21.4 Å². The van der Waals surface area contributed by atoms with Crippen molar-refractivity contribution in [3.63, 3.8) is 0 Å². The first-order valence-corrected chi connectivity index (χ1v) is 13.0. The highest BCUT2D eigenvalue weighted by molar-refractivity contribution is 8.00. The smallest absolute Gasteiger partial charge is 0.243 e. The topological polar surface area (TPSA) is 110 Å². The van der Waals surface area contributed by atoms with Crippen molar-refractivity contribution in [2.45, 2.75) is 41.6 Å². The van der Waals surface area contributed by atoms with Crippen molar-refractivity contribution >= 4 is 44.7 Å². The second-order valence-corrected chi connectivity index (χ2v) is 11.4. The van der Waals surface area contributed by atoms with Gasteiger partial charge < -0.3 is 5.32 Å². The lowest BCUT2D eigenvalue weighted by atomic mass is 10.3. The zero-order chi connectivity index (χ0) is 21.8. The fourth-order valence-electron chi connectivity index (χ4n) is 3.17. The maximum absolute atomic E-state index is 12.6. The van der Waals surface area contributed by atoms with Crippen LogP contribution in [0.5, 0.6) is 0 Å². The summed E-state index contributed by atoms with van der Waals surface area (Å²) in [6, 6.07) is 10.3. The van der Waals surface area contributed by atoms with E-state index in [9.17, 15) is 13.2 Å². The summed E-state index contributed by atoms with van der Waals surface area (Å²) in [5.41, 5.74) is 0.538. The number of thioether (sulfide) groups is 1. The minimum Gasteiger partial charge on any atom is -0.325 e.